The summed E-state index contributed by atoms with van der Waals surface area (Å²) < 4.78 is 0. The predicted octanol–water partition coefficient (Wildman–Crippen LogP) is 1.95. The quantitative estimate of drug-likeness (QED) is 0.808. The van der Waals surface area contributed by atoms with Gasteiger partial charge in [-0.1, -0.05) is 30.7 Å². The average Bonchev–Trinajstić information content (AvgIpc) is 2.40. The van der Waals surface area contributed by atoms with E-state index < -0.39 is 6.04 Å². The van der Waals surface area contributed by atoms with Crippen molar-refractivity contribution in [1.82, 2.24) is 10.6 Å². The number of carbonyl (C=O) groups is 2. The zero-order valence-corrected chi connectivity index (χ0v) is 12.8. The van der Waals surface area contributed by atoms with Crippen molar-refractivity contribution in [1.29, 1.82) is 0 Å². The molecule has 2 N–H and O–H groups in total. The summed E-state index contributed by atoms with van der Waals surface area (Å²) in [5.41, 5.74) is 1.02. The predicted molar refractivity (Wildman–Crippen MR) is 80.9 cm³/mol. The maximum Gasteiger partial charge on any atom is 0.238 e. The first-order valence-corrected chi connectivity index (χ1v) is 7.10. The van der Waals surface area contributed by atoms with Crippen molar-refractivity contribution in [2.24, 2.45) is 0 Å². The summed E-state index contributed by atoms with van der Waals surface area (Å²) in [6.07, 6.45) is 0.557. The van der Waals surface area contributed by atoms with Gasteiger partial charge in [-0.3, -0.25) is 9.59 Å². The van der Waals surface area contributed by atoms with Crippen molar-refractivity contribution < 1.29 is 9.59 Å². The molecule has 0 bridgehead atoms. The second kappa shape index (κ2) is 8.02. The van der Waals surface area contributed by atoms with Crippen LogP contribution in [0, 0.1) is 0 Å². The Morgan fingerprint density at radius 3 is 2.35 bits per heavy atom. The normalized spacial score (nSPS) is 13.6. The van der Waals surface area contributed by atoms with Gasteiger partial charge in [-0.15, -0.1) is 0 Å². The summed E-state index contributed by atoms with van der Waals surface area (Å²) in [4.78, 5) is 23.4. The standard InChI is InChI=1S/C15H21ClN2O2/c1-4-17-14(15(20)18-10(2)11(3)19)9-12-5-7-13(16)8-6-12/h5-8,10,14,17H,4,9H2,1-3H3,(H,18,20). The van der Waals surface area contributed by atoms with E-state index in [9.17, 15) is 9.59 Å². The van der Waals surface area contributed by atoms with Gasteiger partial charge in [0.2, 0.25) is 5.91 Å². The van der Waals surface area contributed by atoms with Gasteiger partial charge in [0.25, 0.3) is 0 Å². The molecule has 2 atom stereocenters. The molecule has 0 radical (unpaired) electrons. The van der Waals surface area contributed by atoms with Crippen LogP contribution in [0.4, 0.5) is 0 Å². The molecular weight excluding hydrogens is 276 g/mol. The molecule has 1 rings (SSSR count). The van der Waals surface area contributed by atoms with Gasteiger partial charge in [0.05, 0.1) is 12.1 Å². The van der Waals surface area contributed by atoms with Crippen LogP contribution < -0.4 is 10.6 Å². The second-order valence-electron chi connectivity index (χ2n) is 4.78. The molecule has 1 aromatic carbocycles. The summed E-state index contributed by atoms with van der Waals surface area (Å²) in [6.45, 7) is 5.77. The van der Waals surface area contributed by atoms with E-state index in [-0.39, 0.29) is 17.7 Å². The summed E-state index contributed by atoms with van der Waals surface area (Å²) in [5.74, 6) is -0.218. The van der Waals surface area contributed by atoms with Crippen molar-refractivity contribution in [2.45, 2.75) is 39.3 Å². The van der Waals surface area contributed by atoms with E-state index >= 15 is 0 Å². The summed E-state index contributed by atoms with van der Waals surface area (Å²) in [6, 6.07) is 6.58. The van der Waals surface area contributed by atoms with Crippen LogP contribution >= 0.6 is 11.6 Å². The van der Waals surface area contributed by atoms with Crippen LogP contribution in [0.5, 0.6) is 0 Å². The Bertz CT molecular complexity index is 459. The molecule has 110 valence electrons. The second-order valence-corrected chi connectivity index (χ2v) is 5.22. The fourth-order valence-electron chi connectivity index (χ4n) is 1.78. The third-order valence-corrected chi connectivity index (χ3v) is 3.34. The highest BCUT2D eigenvalue weighted by atomic mass is 35.5. The third kappa shape index (κ3) is 5.31. The topological polar surface area (TPSA) is 58.2 Å². The van der Waals surface area contributed by atoms with E-state index in [4.69, 9.17) is 11.6 Å². The monoisotopic (exact) mass is 296 g/mol. The molecule has 0 saturated carbocycles. The van der Waals surface area contributed by atoms with Crippen molar-refractivity contribution in [3.8, 4) is 0 Å². The molecule has 1 aromatic rings. The number of rotatable bonds is 7. The minimum Gasteiger partial charge on any atom is -0.345 e. The van der Waals surface area contributed by atoms with Gasteiger partial charge in [-0.05, 0) is 44.5 Å². The first-order valence-electron chi connectivity index (χ1n) is 6.72. The van der Waals surface area contributed by atoms with Crippen LogP contribution in [0.1, 0.15) is 26.3 Å². The van der Waals surface area contributed by atoms with E-state index in [1.807, 2.05) is 19.1 Å². The molecule has 5 heteroatoms. The Hall–Kier alpha value is -1.39. The number of likely N-dealkylation sites (N-methyl/N-ethyl adjacent to an activating group) is 1. The molecule has 1 amide bonds. The van der Waals surface area contributed by atoms with Crippen LogP contribution in [0.3, 0.4) is 0 Å². The lowest BCUT2D eigenvalue weighted by Crippen LogP contribution is -2.49. The highest BCUT2D eigenvalue weighted by Gasteiger charge is 2.20. The molecule has 0 saturated heterocycles. The number of Topliss-reactive ketones (excluding diaryl/α,β-unsaturated/α-hetero) is 1. The number of carbonyl (C=O) groups excluding carboxylic acids is 2. The molecule has 20 heavy (non-hydrogen) atoms. The van der Waals surface area contributed by atoms with Gasteiger partial charge in [0.1, 0.15) is 0 Å². The number of hydrogen-bond donors (Lipinski definition) is 2. The number of hydrogen-bond acceptors (Lipinski definition) is 3. The summed E-state index contributed by atoms with van der Waals surface area (Å²) in [5, 5.41) is 6.52. The highest BCUT2D eigenvalue weighted by molar-refractivity contribution is 6.30. The zero-order valence-electron chi connectivity index (χ0n) is 12.1. The SMILES string of the molecule is CCNC(Cc1ccc(Cl)cc1)C(=O)NC(C)C(C)=O. The molecule has 4 nitrogen and oxygen atoms in total. The fourth-order valence-corrected chi connectivity index (χ4v) is 1.90. The highest BCUT2D eigenvalue weighted by Crippen LogP contribution is 2.11. The van der Waals surface area contributed by atoms with E-state index in [1.165, 1.54) is 6.92 Å². The zero-order chi connectivity index (χ0) is 15.1. The van der Waals surface area contributed by atoms with Crippen molar-refractivity contribution in [2.75, 3.05) is 6.54 Å². The lowest BCUT2D eigenvalue weighted by atomic mass is 10.0. The van der Waals surface area contributed by atoms with Gasteiger partial charge in [-0.25, -0.2) is 0 Å². The Labute approximate surface area is 124 Å². The Morgan fingerprint density at radius 2 is 1.85 bits per heavy atom. The largest absolute Gasteiger partial charge is 0.345 e. The number of ketones is 1. The van der Waals surface area contributed by atoms with E-state index in [0.29, 0.717) is 18.0 Å². The van der Waals surface area contributed by atoms with Gasteiger partial charge in [-0.2, -0.15) is 0 Å². The molecule has 0 aliphatic rings. The minimum atomic E-state index is -0.464. The Morgan fingerprint density at radius 1 is 1.25 bits per heavy atom. The van der Waals surface area contributed by atoms with Gasteiger partial charge in [0, 0.05) is 5.02 Å². The Kier molecular flexibility index (Phi) is 6.68. The number of halogens is 1. The Balaban J connectivity index is 2.70. The molecule has 0 heterocycles. The maximum atomic E-state index is 12.2. The molecule has 2 unspecified atom stereocenters. The first kappa shape index (κ1) is 16.7. The third-order valence-electron chi connectivity index (χ3n) is 3.09. The summed E-state index contributed by atoms with van der Waals surface area (Å²) in [7, 11) is 0. The maximum absolute atomic E-state index is 12.2. The van der Waals surface area contributed by atoms with Crippen LogP contribution in [0.25, 0.3) is 0 Å². The number of amides is 1. The lowest BCUT2D eigenvalue weighted by molar-refractivity contribution is -0.127. The van der Waals surface area contributed by atoms with Crippen LogP contribution in [-0.4, -0.2) is 30.3 Å². The molecule has 0 spiro atoms. The molecule has 0 aliphatic heterocycles. The minimum absolute atomic E-state index is 0.0555. The van der Waals surface area contributed by atoms with Crippen LogP contribution in [0.15, 0.2) is 24.3 Å². The molecule has 0 aromatic heterocycles. The first-order chi connectivity index (χ1) is 9.43. The van der Waals surface area contributed by atoms with Crippen molar-refractivity contribution >= 4 is 23.3 Å². The van der Waals surface area contributed by atoms with Gasteiger partial charge >= 0.3 is 0 Å². The van der Waals surface area contributed by atoms with Crippen LogP contribution in [-0.2, 0) is 16.0 Å². The number of benzene rings is 1. The van der Waals surface area contributed by atoms with Gasteiger partial charge < -0.3 is 10.6 Å². The van der Waals surface area contributed by atoms with Crippen molar-refractivity contribution in [3.63, 3.8) is 0 Å². The molecule has 0 fully saturated rings. The van der Waals surface area contributed by atoms with Crippen LogP contribution in [0.2, 0.25) is 5.02 Å². The lowest BCUT2D eigenvalue weighted by Gasteiger charge is -2.20. The van der Waals surface area contributed by atoms with E-state index in [2.05, 4.69) is 10.6 Å². The van der Waals surface area contributed by atoms with E-state index in [1.54, 1.807) is 19.1 Å². The average molecular weight is 297 g/mol. The van der Waals surface area contributed by atoms with Crippen molar-refractivity contribution in [3.05, 3.63) is 34.9 Å². The molecular formula is C15H21ClN2O2. The number of nitrogens with one attached hydrogen (secondary N) is 2. The molecule has 0 aliphatic carbocycles. The van der Waals surface area contributed by atoms with E-state index in [0.717, 1.165) is 5.56 Å². The van der Waals surface area contributed by atoms with Gasteiger partial charge in [0.15, 0.2) is 5.78 Å². The fraction of sp³-hybridized carbons (Fsp3) is 0.467. The smallest absolute Gasteiger partial charge is 0.238 e. The summed E-state index contributed by atoms with van der Waals surface area (Å²) >= 11 is 5.84.